The second kappa shape index (κ2) is 7.29. The summed E-state index contributed by atoms with van der Waals surface area (Å²) in [6.45, 7) is 0. The highest BCUT2D eigenvalue weighted by molar-refractivity contribution is 5.86. The van der Waals surface area contributed by atoms with Gasteiger partial charge < -0.3 is 14.4 Å². The minimum atomic E-state index is -1.94. The van der Waals surface area contributed by atoms with E-state index in [9.17, 15) is 14.9 Å². The van der Waals surface area contributed by atoms with Crippen molar-refractivity contribution < 1.29 is 19.1 Å². The van der Waals surface area contributed by atoms with Crippen LogP contribution < -0.4 is 0 Å². The molecule has 0 fully saturated rings. The third-order valence-electron chi connectivity index (χ3n) is 2.93. The van der Waals surface area contributed by atoms with Gasteiger partial charge in [-0.1, -0.05) is 30.3 Å². The van der Waals surface area contributed by atoms with Crippen molar-refractivity contribution >= 4 is 12.1 Å². The van der Waals surface area contributed by atoms with Gasteiger partial charge in [-0.2, -0.15) is 5.26 Å². The second-order valence-corrected chi connectivity index (χ2v) is 4.68. The molecule has 0 bridgehead atoms. The molecule has 0 heterocycles. The van der Waals surface area contributed by atoms with E-state index < -0.39 is 17.7 Å². The fourth-order valence-electron chi connectivity index (χ4n) is 1.69. The molecular weight excluding hydrogens is 272 g/mol. The normalized spacial score (nSPS) is 12.7. The van der Waals surface area contributed by atoms with Gasteiger partial charge in [0, 0.05) is 20.5 Å². The van der Waals surface area contributed by atoms with Crippen LogP contribution in [0.15, 0.2) is 30.3 Å². The predicted octanol–water partition coefficient (Wildman–Crippen LogP) is 1.75. The monoisotopic (exact) mass is 290 g/mol. The van der Waals surface area contributed by atoms with E-state index in [2.05, 4.69) is 4.74 Å². The molecule has 6 heteroatoms. The first-order valence-corrected chi connectivity index (χ1v) is 6.39. The molecule has 0 saturated carbocycles. The van der Waals surface area contributed by atoms with Gasteiger partial charge in [-0.25, -0.2) is 9.59 Å². The molecule has 6 nitrogen and oxygen atoms in total. The Morgan fingerprint density at radius 3 is 2.38 bits per heavy atom. The largest absolute Gasteiger partial charge is 0.465 e. The molecule has 0 unspecified atom stereocenters. The summed E-state index contributed by atoms with van der Waals surface area (Å²) in [6, 6.07) is 11.1. The van der Waals surface area contributed by atoms with Crippen molar-refractivity contribution in [3.63, 3.8) is 0 Å². The third-order valence-corrected chi connectivity index (χ3v) is 2.93. The van der Waals surface area contributed by atoms with E-state index in [-0.39, 0.29) is 6.42 Å². The number of esters is 1. The zero-order valence-electron chi connectivity index (χ0n) is 12.3. The summed E-state index contributed by atoms with van der Waals surface area (Å²) in [5.74, 6) is -0.879. The lowest BCUT2D eigenvalue weighted by atomic mass is 9.96. The molecule has 1 aromatic rings. The first-order valence-electron chi connectivity index (χ1n) is 6.39. The molecular formula is C15H18N2O4. The highest BCUT2D eigenvalue weighted by Crippen LogP contribution is 2.21. The smallest absolute Gasteiger partial charge is 0.411 e. The summed E-state index contributed by atoms with van der Waals surface area (Å²) in [5, 5.41) is 9.34. The van der Waals surface area contributed by atoms with E-state index in [1.54, 1.807) is 6.07 Å². The van der Waals surface area contributed by atoms with Crippen LogP contribution in [0.5, 0.6) is 0 Å². The van der Waals surface area contributed by atoms with Crippen LogP contribution >= 0.6 is 0 Å². The van der Waals surface area contributed by atoms with Crippen LogP contribution in [0.3, 0.4) is 0 Å². The number of nitriles is 1. The molecule has 0 aliphatic carbocycles. The van der Waals surface area contributed by atoms with E-state index in [0.29, 0.717) is 6.42 Å². The van der Waals surface area contributed by atoms with Crippen molar-refractivity contribution in [1.29, 1.82) is 5.26 Å². The highest BCUT2D eigenvalue weighted by Gasteiger charge is 2.44. The van der Waals surface area contributed by atoms with E-state index >= 15 is 0 Å². The van der Waals surface area contributed by atoms with Gasteiger partial charge in [-0.15, -0.1) is 0 Å². The Morgan fingerprint density at radius 1 is 1.29 bits per heavy atom. The lowest BCUT2D eigenvalue weighted by Crippen LogP contribution is -2.45. The van der Waals surface area contributed by atoms with E-state index in [0.717, 1.165) is 17.6 Å². The SMILES string of the molecule is COC(=O)[C@](C#N)(CCc1ccccc1)OC(=O)N(C)C. The number of ether oxygens (including phenoxy) is 2. The van der Waals surface area contributed by atoms with Crippen LogP contribution in [0.25, 0.3) is 0 Å². The number of nitrogens with zero attached hydrogens (tertiary/aromatic N) is 2. The Balaban J connectivity index is 2.93. The Morgan fingerprint density at radius 2 is 1.90 bits per heavy atom. The number of methoxy groups -OCH3 is 1. The zero-order valence-corrected chi connectivity index (χ0v) is 12.3. The molecule has 1 atom stereocenters. The van der Waals surface area contributed by atoms with Crippen molar-refractivity contribution in [2.45, 2.75) is 18.4 Å². The third kappa shape index (κ3) is 4.21. The van der Waals surface area contributed by atoms with Gasteiger partial charge in [0.05, 0.1) is 7.11 Å². The van der Waals surface area contributed by atoms with Gasteiger partial charge in [0.2, 0.25) is 0 Å². The maximum absolute atomic E-state index is 11.9. The number of amides is 1. The number of hydrogen-bond acceptors (Lipinski definition) is 5. The molecule has 1 rings (SSSR count). The molecule has 0 saturated heterocycles. The minimum Gasteiger partial charge on any atom is -0.465 e. The predicted molar refractivity (Wildman–Crippen MR) is 75.3 cm³/mol. The Kier molecular flexibility index (Phi) is 5.73. The highest BCUT2D eigenvalue weighted by atomic mass is 16.6. The molecule has 0 spiro atoms. The summed E-state index contributed by atoms with van der Waals surface area (Å²) in [7, 11) is 4.10. The number of carbonyl (C=O) groups excluding carboxylic acids is 2. The van der Waals surface area contributed by atoms with Crippen molar-refractivity contribution in [3.8, 4) is 6.07 Å². The molecule has 0 aliphatic rings. The average molecular weight is 290 g/mol. The number of hydrogen-bond donors (Lipinski definition) is 0. The van der Waals surface area contributed by atoms with Gasteiger partial charge in [0.25, 0.3) is 5.60 Å². The maximum Gasteiger partial charge on any atom is 0.411 e. The molecule has 0 aliphatic heterocycles. The molecule has 1 aromatic carbocycles. The maximum atomic E-state index is 11.9. The summed E-state index contributed by atoms with van der Waals surface area (Å²) in [5.41, 5.74) is -1.01. The lowest BCUT2D eigenvalue weighted by molar-refractivity contribution is -0.157. The molecule has 1 amide bonds. The minimum absolute atomic E-state index is 0.0275. The van der Waals surface area contributed by atoms with Crippen molar-refractivity contribution in [3.05, 3.63) is 35.9 Å². The molecule has 0 radical (unpaired) electrons. The summed E-state index contributed by atoms with van der Waals surface area (Å²) < 4.78 is 9.69. The standard InChI is InChI=1S/C15H18N2O4/c1-17(2)14(19)21-15(11-16,13(18)20-3)10-9-12-7-5-4-6-8-12/h4-8H,9-10H2,1-3H3/t15-/m1/s1. The molecule has 21 heavy (non-hydrogen) atoms. The first-order chi connectivity index (χ1) is 9.95. The van der Waals surface area contributed by atoms with Gasteiger partial charge >= 0.3 is 12.1 Å². The van der Waals surface area contributed by atoms with Crippen molar-refractivity contribution in [2.75, 3.05) is 21.2 Å². The van der Waals surface area contributed by atoms with Gasteiger partial charge in [0.15, 0.2) is 0 Å². The zero-order chi connectivity index (χ0) is 15.9. The van der Waals surface area contributed by atoms with Crippen molar-refractivity contribution in [2.24, 2.45) is 0 Å². The van der Waals surface area contributed by atoms with E-state index in [1.807, 2.05) is 30.3 Å². The van der Waals surface area contributed by atoms with Crippen molar-refractivity contribution in [1.82, 2.24) is 4.90 Å². The van der Waals surface area contributed by atoms with Crippen LogP contribution in [0, 0.1) is 11.3 Å². The van der Waals surface area contributed by atoms with Gasteiger partial charge in [-0.3, -0.25) is 0 Å². The van der Waals surface area contributed by atoms with E-state index in [1.165, 1.54) is 14.1 Å². The van der Waals surface area contributed by atoms with Crippen LogP contribution in [-0.4, -0.2) is 43.8 Å². The van der Waals surface area contributed by atoms with E-state index in [4.69, 9.17) is 4.74 Å². The van der Waals surface area contributed by atoms with Crippen LogP contribution in [0.1, 0.15) is 12.0 Å². The first kappa shape index (κ1) is 16.5. The van der Waals surface area contributed by atoms with Crippen LogP contribution in [-0.2, 0) is 20.7 Å². The Labute approximate surface area is 123 Å². The topological polar surface area (TPSA) is 79.6 Å². The molecule has 112 valence electrons. The number of benzene rings is 1. The number of carbonyl (C=O) groups is 2. The van der Waals surface area contributed by atoms with Gasteiger partial charge in [0.1, 0.15) is 6.07 Å². The summed E-state index contributed by atoms with van der Waals surface area (Å²) >= 11 is 0. The second-order valence-electron chi connectivity index (χ2n) is 4.68. The summed E-state index contributed by atoms with van der Waals surface area (Å²) in [6.07, 6.45) is -0.334. The fraction of sp³-hybridized carbons (Fsp3) is 0.400. The van der Waals surface area contributed by atoms with Crippen LogP contribution in [0.2, 0.25) is 0 Å². The lowest BCUT2D eigenvalue weighted by Gasteiger charge is -2.25. The Bertz CT molecular complexity index is 536. The fourth-order valence-corrected chi connectivity index (χ4v) is 1.69. The number of aryl methyl sites for hydroxylation is 1. The quantitative estimate of drug-likeness (QED) is 0.772. The van der Waals surface area contributed by atoms with Gasteiger partial charge in [-0.05, 0) is 12.0 Å². The van der Waals surface area contributed by atoms with Crippen LogP contribution in [0.4, 0.5) is 4.79 Å². The Hall–Kier alpha value is -2.55. The molecule has 0 aromatic heterocycles. The average Bonchev–Trinajstić information content (AvgIpc) is 2.51. The number of rotatable bonds is 5. The molecule has 0 N–H and O–H groups in total. The summed E-state index contributed by atoms with van der Waals surface area (Å²) in [4.78, 5) is 24.7.